The molecule has 1 amide bonds. The molecule has 92 valence electrons. The highest BCUT2D eigenvalue weighted by molar-refractivity contribution is 5.99. The van der Waals surface area contributed by atoms with E-state index in [-0.39, 0.29) is 23.2 Å². The maximum atomic E-state index is 13.5. The van der Waals surface area contributed by atoms with Crippen LogP contribution in [0.4, 0.5) is 10.1 Å². The molecule has 0 aliphatic heterocycles. The minimum atomic E-state index is -0.514. The Morgan fingerprint density at radius 3 is 2.76 bits per heavy atom. The Labute approximate surface area is 99.6 Å². The van der Waals surface area contributed by atoms with Crippen LogP contribution < -0.4 is 11.3 Å². The number of nitrogens with zero attached hydrogens (tertiary/aromatic N) is 1. The van der Waals surface area contributed by atoms with Gasteiger partial charge in [0.05, 0.1) is 11.3 Å². The lowest BCUT2D eigenvalue weighted by molar-refractivity contribution is 0.0652. The van der Waals surface area contributed by atoms with Crippen molar-refractivity contribution in [3.63, 3.8) is 0 Å². The summed E-state index contributed by atoms with van der Waals surface area (Å²) in [6.07, 6.45) is 3.18. The predicted molar refractivity (Wildman–Crippen MR) is 63.9 cm³/mol. The van der Waals surface area contributed by atoms with Crippen molar-refractivity contribution in [1.29, 1.82) is 0 Å². The molecule has 0 saturated heterocycles. The molecule has 1 aliphatic carbocycles. The molecule has 1 saturated carbocycles. The van der Waals surface area contributed by atoms with Crippen molar-refractivity contribution >= 4 is 11.6 Å². The maximum Gasteiger partial charge on any atom is 0.256 e. The van der Waals surface area contributed by atoms with Crippen molar-refractivity contribution < 1.29 is 9.18 Å². The molecule has 1 aromatic rings. The van der Waals surface area contributed by atoms with E-state index in [0.717, 1.165) is 19.3 Å². The second-order valence-electron chi connectivity index (χ2n) is 4.31. The van der Waals surface area contributed by atoms with Crippen LogP contribution in [0.5, 0.6) is 0 Å². The molecule has 1 aromatic carbocycles. The van der Waals surface area contributed by atoms with Gasteiger partial charge < -0.3 is 10.3 Å². The topological polar surface area (TPSA) is 58.4 Å². The first-order chi connectivity index (χ1) is 8.15. The number of amides is 1. The molecule has 0 atom stereocenters. The number of hydrogen-bond donors (Lipinski definition) is 2. The van der Waals surface area contributed by atoms with Gasteiger partial charge in [0.1, 0.15) is 5.82 Å². The molecule has 1 fully saturated rings. The zero-order chi connectivity index (χ0) is 12.4. The highest BCUT2D eigenvalue weighted by atomic mass is 19.1. The number of halogens is 1. The summed E-state index contributed by atoms with van der Waals surface area (Å²) in [5.41, 5.74) is 2.59. The Hall–Kier alpha value is -1.62. The average Bonchev–Trinajstić information content (AvgIpc) is 2.25. The fourth-order valence-corrected chi connectivity index (χ4v) is 1.98. The lowest BCUT2D eigenvalue weighted by atomic mass is 9.91. The fraction of sp³-hybridized carbons (Fsp3) is 0.417. The van der Waals surface area contributed by atoms with E-state index in [1.807, 2.05) is 0 Å². The van der Waals surface area contributed by atoms with Crippen LogP contribution >= 0.6 is 0 Å². The molecule has 2 rings (SSSR count). The van der Waals surface area contributed by atoms with Gasteiger partial charge in [0, 0.05) is 13.1 Å². The molecular formula is C12H16FN3O. The van der Waals surface area contributed by atoms with Crippen LogP contribution in [0.2, 0.25) is 0 Å². The highest BCUT2D eigenvalue weighted by Gasteiger charge is 2.27. The van der Waals surface area contributed by atoms with Gasteiger partial charge in [0.15, 0.2) is 0 Å². The second kappa shape index (κ2) is 4.71. The number of hydrazine groups is 1. The van der Waals surface area contributed by atoms with E-state index < -0.39 is 5.82 Å². The van der Waals surface area contributed by atoms with Gasteiger partial charge in [0.2, 0.25) is 0 Å². The number of anilines is 1. The van der Waals surface area contributed by atoms with E-state index in [1.165, 1.54) is 12.1 Å². The van der Waals surface area contributed by atoms with E-state index in [0.29, 0.717) is 0 Å². The van der Waals surface area contributed by atoms with Gasteiger partial charge in [-0.3, -0.25) is 10.6 Å². The van der Waals surface area contributed by atoms with Crippen LogP contribution in [0.3, 0.4) is 0 Å². The van der Waals surface area contributed by atoms with Crippen molar-refractivity contribution in [2.24, 2.45) is 5.84 Å². The molecule has 17 heavy (non-hydrogen) atoms. The van der Waals surface area contributed by atoms with E-state index in [1.54, 1.807) is 18.0 Å². The normalized spacial score (nSPS) is 15.2. The first-order valence-corrected chi connectivity index (χ1v) is 5.67. The van der Waals surface area contributed by atoms with Crippen molar-refractivity contribution in [3.8, 4) is 0 Å². The number of carbonyl (C=O) groups is 1. The summed E-state index contributed by atoms with van der Waals surface area (Å²) in [7, 11) is 1.75. The maximum absolute atomic E-state index is 13.5. The molecule has 4 nitrogen and oxygen atoms in total. The lowest BCUT2D eigenvalue weighted by Gasteiger charge is -2.35. The van der Waals surface area contributed by atoms with Crippen LogP contribution in [0, 0.1) is 5.82 Å². The molecule has 5 heteroatoms. The third-order valence-electron chi connectivity index (χ3n) is 3.33. The number of nitrogen functional groups attached to an aromatic ring is 1. The number of benzene rings is 1. The monoisotopic (exact) mass is 237 g/mol. The first kappa shape index (κ1) is 11.9. The van der Waals surface area contributed by atoms with Crippen LogP contribution in [-0.4, -0.2) is 23.9 Å². The first-order valence-electron chi connectivity index (χ1n) is 5.67. The summed E-state index contributed by atoms with van der Waals surface area (Å²) < 4.78 is 13.5. The minimum absolute atomic E-state index is 0.0590. The Morgan fingerprint density at radius 2 is 2.24 bits per heavy atom. The summed E-state index contributed by atoms with van der Waals surface area (Å²) in [6, 6.07) is 4.64. The molecule has 0 bridgehead atoms. The third kappa shape index (κ3) is 2.10. The Bertz CT molecular complexity index is 432. The zero-order valence-electron chi connectivity index (χ0n) is 9.74. The molecule has 3 N–H and O–H groups in total. The SMILES string of the molecule is CN(C(=O)c1cccc(F)c1NN)C1CCC1. The second-order valence-corrected chi connectivity index (χ2v) is 4.31. The average molecular weight is 237 g/mol. The lowest BCUT2D eigenvalue weighted by Crippen LogP contribution is -2.41. The predicted octanol–water partition coefficient (Wildman–Crippen LogP) is 1.74. The van der Waals surface area contributed by atoms with E-state index in [2.05, 4.69) is 5.43 Å². The van der Waals surface area contributed by atoms with Gasteiger partial charge >= 0.3 is 0 Å². The summed E-state index contributed by atoms with van der Waals surface area (Å²) in [5, 5.41) is 0. The number of nitrogens with two attached hydrogens (primary N) is 1. The van der Waals surface area contributed by atoms with Gasteiger partial charge in [-0.1, -0.05) is 6.07 Å². The molecule has 0 radical (unpaired) electrons. The fourth-order valence-electron chi connectivity index (χ4n) is 1.98. The van der Waals surface area contributed by atoms with Gasteiger partial charge in [-0.2, -0.15) is 0 Å². The zero-order valence-corrected chi connectivity index (χ0v) is 9.74. The molecule has 0 spiro atoms. The Morgan fingerprint density at radius 1 is 1.53 bits per heavy atom. The number of hydrogen-bond acceptors (Lipinski definition) is 3. The highest BCUT2D eigenvalue weighted by Crippen LogP contribution is 2.27. The smallest absolute Gasteiger partial charge is 0.256 e. The summed E-state index contributed by atoms with van der Waals surface area (Å²) in [6.45, 7) is 0. The van der Waals surface area contributed by atoms with Crippen molar-refractivity contribution in [1.82, 2.24) is 4.90 Å². The standard InChI is InChI=1S/C12H16FN3O/c1-16(8-4-2-5-8)12(17)9-6-3-7-10(13)11(9)15-14/h3,6-8,15H,2,4-5,14H2,1H3. The van der Waals surface area contributed by atoms with Crippen LogP contribution in [0.1, 0.15) is 29.6 Å². The molecule has 1 aliphatic rings. The summed E-state index contributed by atoms with van der Waals surface area (Å²) in [4.78, 5) is 13.8. The molecule has 0 aromatic heterocycles. The van der Waals surface area contributed by atoms with Gasteiger partial charge in [-0.15, -0.1) is 0 Å². The quantitative estimate of drug-likeness (QED) is 0.622. The van der Waals surface area contributed by atoms with E-state index in [9.17, 15) is 9.18 Å². The number of nitrogens with one attached hydrogen (secondary N) is 1. The van der Waals surface area contributed by atoms with Gasteiger partial charge in [0.25, 0.3) is 5.91 Å². The molecular weight excluding hydrogens is 221 g/mol. The minimum Gasteiger partial charge on any atom is -0.339 e. The summed E-state index contributed by atoms with van der Waals surface area (Å²) in [5.74, 6) is 4.55. The van der Waals surface area contributed by atoms with E-state index >= 15 is 0 Å². The molecule has 0 unspecified atom stereocenters. The van der Waals surface area contributed by atoms with Gasteiger partial charge in [-0.05, 0) is 31.4 Å². The van der Waals surface area contributed by atoms with Crippen molar-refractivity contribution in [2.75, 3.05) is 12.5 Å². The Balaban J connectivity index is 2.26. The number of rotatable bonds is 3. The van der Waals surface area contributed by atoms with Crippen LogP contribution in [0.15, 0.2) is 18.2 Å². The van der Waals surface area contributed by atoms with Crippen molar-refractivity contribution in [3.05, 3.63) is 29.6 Å². The third-order valence-corrected chi connectivity index (χ3v) is 3.33. The van der Waals surface area contributed by atoms with Gasteiger partial charge in [-0.25, -0.2) is 4.39 Å². The van der Waals surface area contributed by atoms with Crippen LogP contribution in [0.25, 0.3) is 0 Å². The summed E-state index contributed by atoms with van der Waals surface area (Å²) >= 11 is 0. The number of para-hydroxylation sites is 1. The Kier molecular flexibility index (Phi) is 3.28. The van der Waals surface area contributed by atoms with Crippen molar-refractivity contribution in [2.45, 2.75) is 25.3 Å². The van der Waals surface area contributed by atoms with E-state index in [4.69, 9.17) is 5.84 Å². The largest absolute Gasteiger partial charge is 0.339 e. The number of carbonyl (C=O) groups excluding carboxylic acids is 1. The molecule has 0 heterocycles. The van der Waals surface area contributed by atoms with Crippen LogP contribution in [-0.2, 0) is 0 Å².